The van der Waals surface area contributed by atoms with Gasteiger partial charge >= 0.3 is 0 Å². The molecule has 0 saturated carbocycles. The average Bonchev–Trinajstić information content (AvgIpc) is 2.88. The van der Waals surface area contributed by atoms with Crippen molar-refractivity contribution in [1.29, 1.82) is 0 Å². The summed E-state index contributed by atoms with van der Waals surface area (Å²) in [6, 6.07) is 5.75. The fourth-order valence-corrected chi connectivity index (χ4v) is 2.62. The summed E-state index contributed by atoms with van der Waals surface area (Å²) >= 11 is 1.06. The number of nitrogens with one attached hydrogen (secondary N) is 2. The van der Waals surface area contributed by atoms with Crippen molar-refractivity contribution >= 4 is 34.7 Å². The van der Waals surface area contributed by atoms with Gasteiger partial charge in [-0.2, -0.15) is 4.98 Å². The van der Waals surface area contributed by atoms with Gasteiger partial charge in [-0.3, -0.25) is 14.6 Å². The molecule has 22 heavy (non-hydrogen) atoms. The van der Waals surface area contributed by atoms with Crippen LogP contribution in [0, 0.1) is 5.82 Å². The van der Waals surface area contributed by atoms with Crippen molar-refractivity contribution in [3.63, 3.8) is 0 Å². The SMILES string of the molecule is Nc1nc2nc(SCC(=O)c3ccccc3F)[nH]c2c(=O)[nH]1. The Morgan fingerprint density at radius 2 is 2.05 bits per heavy atom. The quantitative estimate of drug-likeness (QED) is 0.493. The van der Waals surface area contributed by atoms with Gasteiger partial charge in [-0.15, -0.1) is 0 Å². The van der Waals surface area contributed by atoms with Gasteiger partial charge < -0.3 is 10.7 Å². The Morgan fingerprint density at radius 1 is 1.27 bits per heavy atom. The van der Waals surface area contributed by atoms with Crippen LogP contribution >= 0.6 is 11.8 Å². The zero-order valence-corrected chi connectivity index (χ0v) is 11.9. The number of imidazole rings is 1. The van der Waals surface area contributed by atoms with Crippen molar-refractivity contribution in [2.75, 3.05) is 11.5 Å². The zero-order chi connectivity index (χ0) is 15.7. The molecule has 112 valence electrons. The van der Waals surface area contributed by atoms with Gasteiger partial charge in [-0.1, -0.05) is 23.9 Å². The lowest BCUT2D eigenvalue weighted by Crippen LogP contribution is -2.10. The smallest absolute Gasteiger partial charge is 0.278 e. The standard InChI is InChI=1S/C13H10FN5O2S/c14-7-4-2-1-3-6(7)8(20)5-22-13-16-9-10(18-13)17-12(15)19-11(9)21/h1-4H,5H2,(H4,15,16,17,18,19,21). The number of hydrogen-bond acceptors (Lipinski definition) is 6. The molecule has 0 fully saturated rings. The van der Waals surface area contributed by atoms with E-state index >= 15 is 0 Å². The highest BCUT2D eigenvalue weighted by Crippen LogP contribution is 2.19. The van der Waals surface area contributed by atoms with E-state index < -0.39 is 11.4 Å². The molecule has 7 nitrogen and oxygen atoms in total. The van der Waals surface area contributed by atoms with Crippen LogP contribution in [-0.2, 0) is 0 Å². The van der Waals surface area contributed by atoms with E-state index in [2.05, 4.69) is 19.9 Å². The number of benzene rings is 1. The van der Waals surface area contributed by atoms with Crippen molar-refractivity contribution in [2.45, 2.75) is 5.16 Å². The highest BCUT2D eigenvalue weighted by atomic mass is 32.2. The first kappa shape index (κ1) is 14.3. The number of fused-ring (bicyclic) bond motifs is 1. The van der Waals surface area contributed by atoms with Crippen LogP contribution in [0.15, 0.2) is 34.2 Å². The summed E-state index contributed by atoms with van der Waals surface area (Å²) in [5, 5.41) is 0.336. The van der Waals surface area contributed by atoms with E-state index in [0.29, 0.717) is 5.16 Å². The summed E-state index contributed by atoms with van der Waals surface area (Å²) in [7, 11) is 0. The van der Waals surface area contributed by atoms with E-state index in [4.69, 9.17) is 5.73 Å². The first-order valence-electron chi connectivity index (χ1n) is 6.20. The molecule has 0 aliphatic heterocycles. The topological polar surface area (TPSA) is 118 Å². The summed E-state index contributed by atoms with van der Waals surface area (Å²) < 4.78 is 13.5. The number of hydrogen-bond donors (Lipinski definition) is 3. The van der Waals surface area contributed by atoms with Gasteiger partial charge in [0.05, 0.1) is 11.3 Å². The summed E-state index contributed by atoms with van der Waals surface area (Å²) in [6.07, 6.45) is 0. The predicted octanol–water partition coefficient (Wildman–Crippen LogP) is 1.34. The number of thioether (sulfide) groups is 1. The molecule has 2 aromatic heterocycles. The molecule has 3 rings (SSSR count). The van der Waals surface area contributed by atoms with Gasteiger partial charge in [0.2, 0.25) is 5.95 Å². The first-order chi connectivity index (χ1) is 10.5. The number of H-pyrrole nitrogens is 2. The molecule has 2 heterocycles. The maximum atomic E-state index is 13.5. The number of nitrogens with zero attached hydrogens (tertiary/aromatic N) is 2. The van der Waals surface area contributed by atoms with Gasteiger partial charge in [0.25, 0.3) is 5.56 Å². The molecule has 0 unspecified atom stereocenters. The Hall–Kier alpha value is -2.68. The maximum absolute atomic E-state index is 13.5. The van der Waals surface area contributed by atoms with Crippen molar-refractivity contribution in [3.05, 3.63) is 46.0 Å². The van der Waals surface area contributed by atoms with Gasteiger partial charge in [-0.05, 0) is 12.1 Å². The molecule has 0 aliphatic rings. The van der Waals surface area contributed by atoms with Crippen molar-refractivity contribution in [2.24, 2.45) is 0 Å². The summed E-state index contributed by atoms with van der Waals surface area (Å²) in [4.78, 5) is 36.7. The molecule has 0 spiro atoms. The lowest BCUT2D eigenvalue weighted by atomic mass is 10.1. The second kappa shape index (κ2) is 5.60. The van der Waals surface area contributed by atoms with Crippen LogP contribution in [0.5, 0.6) is 0 Å². The molecule has 0 atom stereocenters. The molecule has 0 bridgehead atoms. The number of aromatic nitrogens is 4. The molecule has 0 aliphatic carbocycles. The number of halogens is 1. The third-order valence-electron chi connectivity index (χ3n) is 2.87. The van der Waals surface area contributed by atoms with Gasteiger partial charge in [-0.25, -0.2) is 9.37 Å². The van der Waals surface area contributed by atoms with Crippen LogP contribution in [0.25, 0.3) is 11.2 Å². The normalized spacial score (nSPS) is 11.0. The number of carbonyl (C=O) groups excluding carboxylic acids is 1. The average molecular weight is 319 g/mol. The van der Waals surface area contributed by atoms with E-state index in [9.17, 15) is 14.0 Å². The Labute approximate surface area is 127 Å². The molecule has 0 saturated heterocycles. The van der Waals surface area contributed by atoms with Crippen molar-refractivity contribution in [3.8, 4) is 0 Å². The van der Waals surface area contributed by atoms with Crippen LogP contribution in [-0.4, -0.2) is 31.5 Å². The number of rotatable bonds is 4. The van der Waals surface area contributed by atoms with Crippen LogP contribution in [0.2, 0.25) is 0 Å². The lowest BCUT2D eigenvalue weighted by molar-refractivity contribution is 0.101. The number of anilines is 1. The van der Waals surface area contributed by atoms with Crippen LogP contribution in [0.1, 0.15) is 10.4 Å². The minimum atomic E-state index is -0.566. The number of nitrogens with two attached hydrogens (primary N) is 1. The van der Waals surface area contributed by atoms with E-state index in [-0.39, 0.29) is 34.2 Å². The second-order valence-electron chi connectivity index (χ2n) is 4.38. The minimum Gasteiger partial charge on any atom is -0.369 e. The van der Waals surface area contributed by atoms with Gasteiger partial charge in [0.1, 0.15) is 5.82 Å². The Balaban J connectivity index is 1.80. The number of ketones is 1. The van der Waals surface area contributed by atoms with Gasteiger partial charge in [0.15, 0.2) is 22.1 Å². The molecular formula is C13H10FN5O2S. The number of nitrogen functional groups attached to an aromatic ring is 1. The van der Waals surface area contributed by atoms with Crippen LogP contribution in [0.3, 0.4) is 0 Å². The summed E-state index contributed by atoms with van der Waals surface area (Å²) in [5.74, 6) is -0.995. The number of carbonyl (C=O) groups is 1. The molecule has 1 aromatic carbocycles. The molecule has 3 aromatic rings. The van der Waals surface area contributed by atoms with Crippen molar-refractivity contribution < 1.29 is 9.18 Å². The Kier molecular flexibility index (Phi) is 3.63. The summed E-state index contributed by atoms with van der Waals surface area (Å²) in [6.45, 7) is 0. The van der Waals surface area contributed by atoms with E-state index in [1.54, 1.807) is 6.07 Å². The Bertz CT molecular complexity index is 920. The zero-order valence-electron chi connectivity index (χ0n) is 11.1. The highest BCUT2D eigenvalue weighted by Gasteiger charge is 2.14. The maximum Gasteiger partial charge on any atom is 0.278 e. The third kappa shape index (κ3) is 2.70. The predicted molar refractivity (Wildman–Crippen MR) is 80.4 cm³/mol. The Morgan fingerprint density at radius 3 is 2.82 bits per heavy atom. The molecule has 0 radical (unpaired) electrons. The molecule has 4 N–H and O–H groups in total. The molecule has 0 amide bonds. The van der Waals surface area contributed by atoms with E-state index in [1.165, 1.54) is 18.2 Å². The molecular weight excluding hydrogens is 309 g/mol. The fourth-order valence-electron chi connectivity index (χ4n) is 1.87. The lowest BCUT2D eigenvalue weighted by Gasteiger charge is -2.00. The van der Waals surface area contributed by atoms with E-state index in [0.717, 1.165) is 11.8 Å². The third-order valence-corrected chi connectivity index (χ3v) is 3.75. The first-order valence-corrected chi connectivity index (χ1v) is 7.19. The largest absolute Gasteiger partial charge is 0.369 e. The van der Waals surface area contributed by atoms with Crippen molar-refractivity contribution in [1.82, 2.24) is 19.9 Å². The van der Waals surface area contributed by atoms with Crippen LogP contribution in [0.4, 0.5) is 10.3 Å². The summed E-state index contributed by atoms with van der Waals surface area (Å²) in [5.41, 5.74) is 5.35. The minimum absolute atomic E-state index is 0.0197. The number of aromatic amines is 2. The monoisotopic (exact) mass is 319 g/mol. The molecule has 9 heteroatoms. The van der Waals surface area contributed by atoms with E-state index in [1.807, 2.05) is 0 Å². The van der Waals surface area contributed by atoms with Crippen LogP contribution < -0.4 is 11.3 Å². The fraction of sp³-hybridized carbons (Fsp3) is 0.0769. The number of Topliss-reactive ketones (excluding diaryl/α,β-unsaturated/α-hetero) is 1. The second-order valence-corrected chi connectivity index (χ2v) is 5.35. The van der Waals surface area contributed by atoms with Gasteiger partial charge in [0, 0.05) is 0 Å². The highest BCUT2D eigenvalue weighted by molar-refractivity contribution is 7.99.